The van der Waals surface area contributed by atoms with Crippen LogP contribution in [0.3, 0.4) is 0 Å². The third kappa shape index (κ3) is 2.91. The van der Waals surface area contributed by atoms with Gasteiger partial charge in [-0.2, -0.15) is 5.26 Å². The fraction of sp³-hybridized carbons (Fsp3) is 0.364. The number of carbonyl (C=O) groups excluding carboxylic acids is 1. The first-order chi connectivity index (χ1) is 8.51. The molecule has 18 heavy (non-hydrogen) atoms. The van der Waals surface area contributed by atoms with Crippen LogP contribution in [0.4, 0.5) is 14.5 Å². The van der Waals surface area contributed by atoms with Gasteiger partial charge in [-0.25, -0.2) is 13.8 Å². The van der Waals surface area contributed by atoms with Gasteiger partial charge in [-0.15, -0.1) is 0 Å². The highest BCUT2D eigenvalue weighted by molar-refractivity contribution is 5.76. The number of nitrogens with two attached hydrogens (primary N) is 1. The summed E-state index contributed by atoms with van der Waals surface area (Å²) < 4.78 is 30.2. The topological polar surface area (TPSA) is 89.0 Å². The molecule has 96 valence electrons. The zero-order valence-corrected chi connectivity index (χ0v) is 9.61. The van der Waals surface area contributed by atoms with Gasteiger partial charge >= 0.3 is 5.97 Å². The number of nitrogen functional groups attached to an aromatic ring is 1. The third-order valence-corrected chi connectivity index (χ3v) is 2.23. The molecular formula is C11H11F2N3O2. The van der Waals surface area contributed by atoms with Crippen molar-refractivity contribution in [3.05, 3.63) is 23.0 Å². The van der Waals surface area contributed by atoms with Crippen LogP contribution < -0.4 is 5.73 Å². The molecule has 0 spiro atoms. The number of pyridine rings is 1. The summed E-state index contributed by atoms with van der Waals surface area (Å²) in [4.78, 5) is 14.8. The van der Waals surface area contributed by atoms with Crippen molar-refractivity contribution in [3.63, 3.8) is 0 Å². The summed E-state index contributed by atoms with van der Waals surface area (Å²) >= 11 is 0. The Labute approximate surface area is 102 Å². The van der Waals surface area contributed by atoms with E-state index in [9.17, 15) is 13.6 Å². The van der Waals surface area contributed by atoms with E-state index in [2.05, 4.69) is 9.72 Å². The first-order valence-corrected chi connectivity index (χ1v) is 5.12. The van der Waals surface area contributed by atoms with E-state index in [0.717, 1.165) is 6.20 Å². The number of aromatic nitrogens is 1. The zero-order chi connectivity index (χ0) is 13.7. The number of nitrogens with zero attached hydrogens (tertiary/aromatic N) is 2. The largest absolute Gasteiger partial charge is 0.466 e. The fourth-order valence-electron chi connectivity index (χ4n) is 1.41. The molecule has 0 aliphatic heterocycles. The highest BCUT2D eigenvalue weighted by Gasteiger charge is 2.21. The van der Waals surface area contributed by atoms with Gasteiger partial charge in [-0.05, 0) is 12.5 Å². The molecule has 0 aromatic carbocycles. The van der Waals surface area contributed by atoms with Gasteiger partial charge in [0.1, 0.15) is 6.07 Å². The minimum absolute atomic E-state index is 0.102. The SMILES string of the molecule is CCOC(=O)Cc1c(C(F)F)cnc(C#N)c1N. The second kappa shape index (κ2) is 5.91. The second-order valence-electron chi connectivity index (χ2n) is 3.35. The van der Waals surface area contributed by atoms with Crippen LogP contribution in [0, 0.1) is 11.3 Å². The third-order valence-electron chi connectivity index (χ3n) is 2.23. The molecule has 0 saturated carbocycles. The van der Waals surface area contributed by atoms with Gasteiger partial charge in [0, 0.05) is 11.8 Å². The van der Waals surface area contributed by atoms with Gasteiger partial charge in [-0.1, -0.05) is 0 Å². The quantitative estimate of drug-likeness (QED) is 0.825. The molecule has 5 nitrogen and oxygen atoms in total. The molecule has 2 N–H and O–H groups in total. The average Bonchev–Trinajstić information content (AvgIpc) is 2.31. The van der Waals surface area contributed by atoms with E-state index in [-0.39, 0.29) is 23.6 Å². The van der Waals surface area contributed by atoms with Crippen molar-refractivity contribution in [3.8, 4) is 6.07 Å². The van der Waals surface area contributed by atoms with E-state index in [4.69, 9.17) is 11.0 Å². The number of carbonyl (C=O) groups is 1. The van der Waals surface area contributed by atoms with Gasteiger partial charge in [-0.3, -0.25) is 4.79 Å². The average molecular weight is 255 g/mol. The molecule has 0 fully saturated rings. The number of rotatable bonds is 4. The monoisotopic (exact) mass is 255 g/mol. The number of nitriles is 1. The van der Waals surface area contributed by atoms with Crippen molar-refractivity contribution in [2.24, 2.45) is 0 Å². The molecule has 1 aromatic heterocycles. The van der Waals surface area contributed by atoms with E-state index >= 15 is 0 Å². The lowest BCUT2D eigenvalue weighted by molar-refractivity contribution is -0.142. The second-order valence-corrected chi connectivity index (χ2v) is 3.35. The molecule has 0 unspecified atom stereocenters. The van der Waals surface area contributed by atoms with Gasteiger partial charge in [0.2, 0.25) is 0 Å². The highest BCUT2D eigenvalue weighted by atomic mass is 19.3. The predicted molar refractivity (Wildman–Crippen MR) is 58.7 cm³/mol. The fourth-order valence-corrected chi connectivity index (χ4v) is 1.41. The van der Waals surface area contributed by atoms with Crippen molar-refractivity contribution in [2.45, 2.75) is 19.8 Å². The summed E-state index contributed by atoms with van der Waals surface area (Å²) in [6.45, 7) is 1.74. The number of esters is 1. The van der Waals surface area contributed by atoms with Crippen LogP contribution in [0.1, 0.15) is 30.2 Å². The van der Waals surface area contributed by atoms with Gasteiger partial charge in [0.25, 0.3) is 6.43 Å². The number of hydrogen-bond acceptors (Lipinski definition) is 5. The van der Waals surface area contributed by atoms with Gasteiger partial charge < -0.3 is 10.5 Å². The molecule has 7 heteroatoms. The number of alkyl halides is 2. The van der Waals surface area contributed by atoms with Crippen LogP contribution in [0.2, 0.25) is 0 Å². The summed E-state index contributed by atoms with van der Waals surface area (Å²) in [6.07, 6.45) is -2.37. The van der Waals surface area contributed by atoms with E-state index in [1.54, 1.807) is 13.0 Å². The van der Waals surface area contributed by atoms with E-state index < -0.39 is 24.4 Å². The maximum atomic E-state index is 12.7. The van der Waals surface area contributed by atoms with Gasteiger partial charge in [0.05, 0.1) is 18.7 Å². The lowest BCUT2D eigenvalue weighted by atomic mass is 10.0. The van der Waals surface area contributed by atoms with E-state index in [0.29, 0.717) is 0 Å². The maximum absolute atomic E-state index is 12.7. The predicted octanol–water partition coefficient (Wildman–Crippen LogP) is 1.58. The highest BCUT2D eigenvalue weighted by Crippen LogP contribution is 2.28. The molecule has 1 heterocycles. The molecule has 1 rings (SSSR count). The van der Waals surface area contributed by atoms with Crippen molar-refractivity contribution < 1.29 is 18.3 Å². The van der Waals surface area contributed by atoms with Crippen molar-refractivity contribution in [1.29, 1.82) is 5.26 Å². The zero-order valence-electron chi connectivity index (χ0n) is 9.61. The Bertz CT molecular complexity index is 498. The standard InChI is InChI=1S/C11H11F2N3O2/c1-2-18-9(17)3-6-7(11(12)13)5-16-8(4-14)10(6)15/h5,11H,2-3,15H2,1H3. The molecule has 0 aliphatic rings. The summed E-state index contributed by atoms with van der Waals surface area (Å²) in [5.74, 6) is -0.679. The maximum Gasteiger partial charge on any atom is 0.310 e. The molecule has 0 amide bonds. The summed E-state index contributed by atoms with van der Waals surface area (Å²) in [6, 6.07) is 1.67. The molecule has 0 aliphatic carbocycles. The Morgan fingerprint density at radius 2 is 2.33 bits per heavy atom. The Kier molecular flexibility index (Phi) is 4.54. The minimum atomic E-state index is -2.82. The number of halogens is 2. The Hall–Kier alpha value is -2.23. The van der Waals surface area contributed by atoms with E-state index in [1.165, 1.54) is 0 Å². The normalized spacial score (nSPS) is 10.2. The molecule has 0 atom stereocenters. The first kappa shape index (κ1) is 13.8. The molecular weight excluding hydrogens is 244 g/mol. The smallest absolute Gasteiger partial charge is 0.310 e. The van der Waals surface area contributed by atoms with Crippen LogP contribution in [0.15, 0.2) is 6.20 Å². The van der Waals surface area contributed by atoms with Crippen LogP contribution in [0.25, 0.3) is 0 Å². The summed E-state index contributed by atoms with van der Waals surface area (Å²) in [5.41, 5.74) is 4.60. The van der Waals surface area contributed by atoms with Crippen molar-refractivity contribution in [2.75, 3.05) is 12.3 Å². The van der Waals surface area contributed by atoms with E-state index in [1.807, 2.05) is 0 Å². The molecule has 0 radical (unpaired) electrons. The minimum Gasteiger partial charge on any atom is -0.466 e. The van der Waals surface area contributed by atoms with Crippen LogP contribution in [0.5, 0.6) is 0 Å². The van der Waals surface area contributed by atoms with Gasteiger partial charge in [0.15, 0.2) is 5.69 Å². The molecule has 1 aromatic rings. The van der Waals surface area contributed by atoms with Crippen LogP contribution in [-0.2, 0) is 16.0 Å². The Balaban J connectivity index is 3.20. The van der Waals surface area contributed by atoms with Crippen molar-refractivity contribution >= 4 is 11.7 Å². The van der Waals surface area contributed by atoms with Crippen LogP contribution in [-0.4, -0.2) is 17.6 Å². The number of ether oxygens (including phenoxy) is 1. The molecule has 0 bridgehead atoms. The summed E-state index contributed by atoms with van der Waals surface area (Å²) in [7, 11) is 0. The first-order valence-electron chi connectivity index (χ1n) is 5.12. The van der Waals surface area contributed by atoms with Crippen molar-refractivity contribution in [1.82, 2.24) is 4.98 Å². The van der Waals surface area contributed by atoms with Crippen LogP contribution >= 0.6 is 0 Å². The Morgan fingerprint density at radius 1 is 1.67 bits per heavy atom. The summed E-state index contributed by atoms with van der Waals surface area (Å²) in [5, 5.41) is 8.71. The molecule has 0 saturated heterocycles. The number of hydrogen-bond donors (Lipinski definition) is 1. The lowest BCUT2D eigenvalue weighted by Gasteiger charge is -2.11. The number of anilines is 1. The Morgan fingerprint density at radius 3 is 2.83 bits per heavy atom. The lowest BCUT2D eigenvalue weighted by Crippen LogP contribution is -2.13.